The van der Waals surface area contributed by atoms with E-state index in [1.165, 1.54) is 0 Å². The van der Waals surface area contributed by atoms with Gasteiger partial charge in [-0.3, -0.25) is 4.18 Å². The Hall–Kier alpha value is -1.07. The van der Waals surface area contributed by atoms with Crippen LogP contribution in [-0.2, 0) is 14.3 Å². The second-order valence-electron chi connectivity index (χ2n) is 5.00. The molecular weight excluding hydrogens is 264 g/mol. The standard InChI is InChI=1S/C14H20O4S/c1-17-12-9-7-11(8-10-12)13-5-3-4-6-14(13)18-19(2,15)16/h7-10,13-14H,3-6H2,1-2H3/t13-,14+/m0/s1. The molecule has 0 radical (unpaired) electrons. The van der Waals surface area contributed by atoms with E-state index in [0.717, 1.165) is 43.3 Å². The number of ether oxygens (including phenoxy) is 1. The molecule has 4 nitrogen and oxygen atoms in total. The van der Waals surface area contributed by atoms with Gasteiger partial charge in [-0.05, 0) is 30.5 Å². The second-order valence-corrected chi connectivity index (χ2v) is 6.60. The van der Waals surface area contributed by atoms with Crippen LogP contribution in [-0.4, -0.2) is 27.9 Å². The molecule has 0 aromatic heterocycles. The fraction of sp³-hybridized carbons (Fsp3) is 0.571. The zero-order chi connectivity index (χ0) is 13.9. The van der Waals surface area contributed by atoms with Gasteiger partial charge in [-0.15, -0.1) is 0 Å². The molecular formula is C14H20O4S. The highest BCUT2D eigenvalue weighted by Gasteiger charge is 2.29. The van der Waals surface area contributed by atoms with Crippen molar-refractivity contribution in [2.75, 3.05) is 13.4 Å². The van der Waals surface area contributed by atoms with Crippen molar-refractivity contribution < 1.29 is 17.3 Å². The molecule has 5 heteroatoms. The highest BCUT2D eigenvalue weighted by atomic mass is 32.2. The van der Waals surface area contributed by atoms with Gasteiger partial charge in [0.2, 0.25) is 0 Å². The first-order chi connectivity index (χ1) is 8.99. The van der Waals surface area contributed by atoms with Gasteiger partial charge in [0, 0.05) is 5.92 Å². The highest BCUT2D eigenvalue weighted by molar-refractivity contribution is 7.86. The molecule has 106 valence electrons. The molecule has 0 bridgehead atoms. The van der Waals surface area contributed by atoms with E-state index in [-0.39, 0.29) is 12.0 Å². The van der Waals surface area contributed by atoms with E-state index in [9.17, 15) is 8.42 Å². The van der Waals surface area contributed by atoms with Crippen LogP contribution in [0.1, 0.15) is 37.2 Å². The number of methoxy groups -OCH3 is 1. The lowest BCUT2D eigenvalue weighted by Gasteiger charge is -2.30. The third kappa shape index (κ3) is 3.94. The molecule has 0 unspecified atom stereocenters. The van der Waals surface area contributed by atoms with Crippen molar-refractivity contribution in [3.63, 3.8) is 0 Å². The smallest absolute Gasteiger partial charge is 0.264 e. The van der Waals surface area contributed by atoms with Gasteiger partial charge < -0.3 is 4.74 Å². The number of hydrogen-bond acceptors (Lipinski definition) is 4. The molecule has 2 atom stereocenters. The first-order valence-corrected chi connectivity index (χ1v) is 8.33. The lowest BCUT2D eigenvalue weighted by molar-refractivity contribution is 0.138. The molecule has 19 heavy (non-hydrogen) atoms. The fourth-order valence-electron chi connectivity index (χ4n) is 2.67. The first-order valence-electron chi connectivity index (χ1n) is 6.52. The summed E-state index contributed by atoms with van der Waals surface area (Å²) in [4.78, 5) is 0. The summed E-state index contributed by atoms with van der Waals surface area (Å²) < 4.78 is 33.0. The summed E-state index contributed by atoms with van der Waals surface area (Å²) in [5.41, 5.74) is 1.12. The van der Waals surface area contributed by atoms with Crippen LogP contribution in [0, 0.1) is 0 Å². The van der Waals surface area contributed by atoms with Crippen LogP contribution in [0.2, 0.25) is 0 Å². The normalized spacial score (nSPS) is 24.1. The van der Waals surface area contributed by atoms with Crippen LogP contribution in [0.3, 0.4) is 0 Å². The zero-order valence-electron chi connectivity index (χ0n) is 11.3. The summed E-state index contributed by atoms with van der Waals surface area (Å²) in [6, 6.07) is 7.80. The van der Waals surface area contributed by atoms with Crippen LogP contribution in [0.15, 0.2) is 24.3 Å². The van der Waals surface area contributed by atoms with Crippen LogP contribution in [0.5, 0.6) is 5.75 Å². The molecule has 1 aliphatic rings. The molecule has 0 heterocycles. The Morgan fingerprint density at radius 1 is 1.11 bits per heavy atom. The minimum Gasteiger partial charge on any atom is -0.497 e. The minimum atomic E-state index is -3.40. The van der Waals surface area contributed by atoms with Crippen LogP contribution in [0.4, 0.5) is 0 Å². The molecule has 1 aromatic rings. The Balaban J connectivity index is 2.18. The summed E-state index contributed by atoms with van der Waals surface area (Å²) in [5, 5.41) is 0. The van der Waals surface area contributed by atoms with Gasteiger partial charge in [-0.25, -0.2) is 0 Å². The topological polar surface area (TPSA) is 52.6 Å². The quantitative estimate of drug-likeness (QED) is 0.798. The maximum atomic E-state index is 11.3. The average molecular weight is 284 g/mol. The summed E-state index contributed by atoms with van der Waals surface area (Å²) in [5.74, 6) is 0.953. The first kappa shape index (κ1) is 14.3. The van der Waals surface area contributed by atoms with Gasteiger partial charge in [-0.1, -0.05) is 25.0 Å². The molecule has 0 N–H and O–H groups in total. The predicted molar refractivity (Wildman–Crippen MR) is 73.9 cm³/mol. The lowest BCUT2D eigenvalue weighted by Crippen LogP contribution is -2.28. The molecule has 1 saturated carbocycles. The number of rotatable bonds is 4. The molecule has 0 spiro atoms. The number of hydrogen-bond donors (Lipinski definition) is 0. The molecule has 0 saturated heterocycles. The summed E-state index contributed by atoms with van der Waals surface area (Å²) >= 11 is 0. The third-order valence-corrected chi connectivity index (χ3v) is 4.14. The second kappa shape index (κ2) is 5.92. The van der Waals surface area contributed by atoms with Gasteiger partial charge in [0.15, 0.2) is 0 Å². The van der Waals surface area contributed by atoms with E-state index in [4.69, 9.17) is 8.92 Å². The van der Waals surface area contributed by atoms with Crippen LogP contribution < -0.4 is 4.74 Å². The molecule has 0 aliphatic heterocycles. The van der Waals surface area contributed by atoms with Crippen molar-refractivity contribution in [1.82, 2.24) is 0 Å². The Bertz CT molecular complexity index is 507. The van der Waals surface area contributed by atoms with E-state index in [1.807, 2.05) is 24.3 Å². The monoisotopic (exact) mass is 284 g/mol. The van der Waals surface area contributed by atoms with Crippen LogP contribution in [0.25, 0.3) is 0 Å². The zero-order valence-corrected chi connectivity index (χ0v) is 12.2. The third-order valence-electron chi connectivity index (χ3n) is 3.54. The average Bonchev–Trinajstić information content (AvgIpc) is 2.38. The molecule has 1 fully saturated rings. The van der Waals surface area contributed by atoms with Crippen molar-refractivity contribution in [1.29, 1.82) is 0 Å². The summed E-state index contributed by atoms with van der Waals surface area (Å²) in [6.45, 7) is 0. The van der Waals surface area contributed by atoms with E-state index in [0.29, 0.717) is 0 Å². The maximum Gasteiger partial charge on any atom is 0.264 e. The van der Waals surface area contributed by atoms with Gasteiger partial charge in [0.25, 0.3) is 10.1 Å². The van der Waals surface area contributed by atoms with Gasteiger partial charge in [0.05, 0.1) is 19.5 Å². The Morgan fingerprint density at radius 3 is 2.32 bits per heavy atom. The van der Waals surface area contributed by atoms with E-state index >= 15 is 0 Å². The minimum absolute atomic E-state index is 0.148. The molecule has 1 aromatic carbocycles. The highest BCUT2D eigenvalue weighted by Crippen LogP contribution is 2.36. The van der Waals surface area contributed by atoms with Gasteiger partial charge in [-0.2, -0.15) is 8.42 Å². The lowest BCUT2D eigenvalue weighted by atomic mass is 9.82. The fourth-order valence-corrected chi connectivity index (χ4v) is 3.35. The van der Waals surface area contributed by atoms with Crippen molar-refractivity contribution in [2.45, 2.75) is 37.7 Å². The van der Waals surface area contributed by atoms with Crippen molar-refractivity contribution in [3.05, 3.63) is 29.8 Å². The Morgan fingerprint density at radius 2 is 1.74 bits per heavy atom. The SMILES string of the molecule is COc1ccc([C@@H]2CCCC[C@H]2OS(C)(=O)=O)cc1. The van der Waals surface area contributed by atoms with Gasteiger partial charge >= 0.3 is 0 Å². The number of benzene rings is 1. The summed E-state index contributed by atoms with van der Waals surface area (Å²) in [6.07, 6.45) is 4.77. The van der Waals surface area contributed by atoms with E-state index in [2.05, 4.69) is 0 Å². The largest absolute Gasteiger partial charge is 0.497 e. The molecule has 2 rings (SSSR count). The maximum absolute atomic E-state index is 11.3. The van der Waals surface area contributed by atoms with E-state index in [1.54, 1.807) is 7.11 Å². The predicted octanol–water partition coefficient (Wildman–Crippen LogP) is 2.70. The molecule has 1 aliphatic carbocycles. The van der Waals surface area contributed by atoms with Crippen molar-refractivity contribution >= 4 is 10.1 Å². The Kier molecular flexibility index (Phi) is 4.47. The van der Waals surface area contributed by atoms with Crippen molar-refractivity contribution in [2.24, 2.45) is 0 Å². The summed E-state index contributed by atoms with van der Waals surface area (Å²) in [7, 11) is -1.77. The molecule has 0 amide bonds. The van der Waals surface area contributed by atoms with Crippen LogP contribution >= 0.6 is 0 Å². The van der Waals surface area contributed by atoms with Crippen molar-refractivity contribution in [3.8, 4) is 5.75 Å². The Labute approximate surface area is 114 Å². The van der Waals surface area contributed by atoms with Gasteiger partial charge in [0.1, 0.15) is 5.75 Å². The van der Waals surface area contributed by atoms with E-state index < -0.39 is 10.1 Å².